The van der Waals surface area contributed by atoms with Crippen LogP contribution < -0.4 is 0 Å². The van der Waals surface area contributed by atoms with E-state index in [1.165, 1.54) is 12.8 Å². The topological polar surface area (TPSA) is 68.5 Å². The van der Waals surface area contributed by atoms with Crippen molar-refractivity contribution in [1.82, 2.24) is 15.0 Å². The maximum Gasteiger partial charge on any atom is 0.251 e. The van der Waals surface area contributed by atoms with Gasteiger partial charge in [0.2, 0.25) is 5.89 Å². The van der Waals surface area contributed by atoms with Crippen molar-refractivity contribution in [3.63, 3.8) is 0 Å². The van der Waals surface area contributed by atoms with E-state index in [2.05, 4.69) is 10.1 Å². The summed E-state index contributed by atoms with van der Waals surface area (Å²) >= 11 is 0. The van der Waals surface area contributed by atoms with Gasteiger partial charge in [0.25, 0.3) is 5.91 Å². The molecular formula is C19H31N3O3. The number of nitrogens with zero attached hydrogens (tertiary/aromatic N) is 3. The Balaban J connectivity index is 1.61. The number of likely N-dealkylation sites (tertiary alicyclic amines) is 1. The lowest BCUT2D eigenvalue weighted by Crippen LogP contribution is -2.46. The first-order chi connectivity index (χ1) is 12.1. The minimum atomic E-state index is -0.307. The van der Waals surface area contributed by atoms with E-state index in [0.717, 1.165) is 44.5 Å². The van der Waals surface area contributed by atoms with Gasteiger partial charge in [0, 0.05) is 24.9 Å². The number of rotatable bonds is 6. The van der Waals surface area contributed by atoms with Crippen molar-refractivity contribution in [3.05, 3.63) is 11.7 Å². The minimum Gasteiger partial charge on any atom is -0.365 e. The third kappa shape index (κ3) is 4.40. The van der Waals surface area contributed by atoms with Gasteiger partial charge in [-0.1, -0.05) is 38.8 Å². The molecule has 1 amide bonds. The molecular weight excluding hydrogens is 318 g/mol. The number of piperidine rings is 1. The van der Waals surface area contributed by atoms with E-state index in [9.17, 15) is 4.79 Å². The Morgan fingerprint density at radius 3 is 2.68 bits per heavy atom. The molecule has 1 saturated heterocycles. The van der Waals surface area contributed by atoms with Crippen LogP contribution in [0.5, 0.6) is 0 Å². The van der Waals surface area contributed by atoms with Crippen molar-refractivity contribution >= 4 is 5.91 Å². The number of carbonyl (C=O) groups excluding carboxylic acids is 1. The fourth-order valence-corrected chi connectivity index (χ4v) is 3.83. The lowest BCUT2D eigenvalue weighted by Gasteiger charge is -2.34. The molecule has 6 nitrogen and oxygen atoms in total. The van der Waals surface area contributed by atoms with Crippen molar-refractivity contribution in [2.24, 2.45) is 0 Å². The summed E-state index contributed by atoms with van der Waals surface area (Å²) in [6.45, 7) is 7.59. The molecule has 0 aromatic carbocycles. The van der Waals surface area contributed by atoms with Gasteiger partial charge >= 0.3 is 0 Å². The predicted octanol–water partition coefficient (Wildman–Crippen LogP) is 3.64. The Labute approximate surface area is 150 Å². The van der Waals surface area contributed by atoms with Gasteiger partial charge < -0.3 is 14.2 Å². The number of hydrogen-bond donors (Lipinski definition) is 0. The second kappa shape index (κ2) is 8.30. The molecule has 6 heteroatoms. The maximum atomic E-state index is 12.9. The van der Waals surface area contributed by atoms with Crippen LogP contribution in [0.25, 0.3) is 0 Å². The van der Waals surface area contributed by atoms with Gasteiger partial charge in [-0.2, -0.15) is 4.98 Å². The second-order valence-corrected chi connectivity index (χ2v) is 7.71. The van der Waals surface area contributed by atoms with Gasteiger partial charge in [0.15, 0.2) is 5.82 Å². The van der Waals surface area contributed by atoms with E-state index in [-0.39, 0.29) is 30.0 Å². The second-order valence-electron chi connectivity index (χ2n) is 7.71. The maximum absolute atomic E-state index is 12.9. The standard InChI is InChI=1S/C19H31N3O3/c1-4-16(24-15-9-5-6-10-15)19(23)22-11-7-8-14(12-22)17-20-18(13(2)3)25-21-17/h13-16H,4-12H2,1-3H3/t14-,16-/m1/s1. The largest absolute Gasteiger partial charge is 0.365 e. The van der Waals surface area contributed by atoms with Crippen LogP contribution >= 0.6 is 0 Å². The van der Waals surface area contributed by atoms with Crippen LogP contribution in [0.4, 0.5) is 0 Å². The lowest BCUT2D eigenvalue weighted by atomic mass is 9.96. The first-order valence-electron chi connectivity index (χ1n) is 9.86. The first-order valence-corrected chi connectivity index (χ1v) is 9.86. The highest BCUT2D eigenvalue weighted by atomic mass is 16.5. The van der Waals surface area contributed by atoms with Crippen molar-refractivity contribution < 1.29 is 14.1 Å². The molecule has 0 unspecified atom stereocenters. The number of amides is 1. The average Bonchev–Trinajstić information content (AvgIpc) is 3.31. The zero-order valence-electron chi connectivity index (χ0n) is 15.7. The van der Waals surface area contributed by atoms with Gasteiger partial charge in [-0.3, -0.25) is 4.79 Å². The summed E-state index contributed by atoms with van der Waals surface area (Å²) in [6.07, 6.45) is 7.28. The van der Waals surface area contributed by atoms with E-state index >= 15 is 0 Å². The van der Waals surface area contributed by atoms with Gasteiger partial charge in [0.05, 0.1) is 6.10 Å². The third-order valence-electron chi connectivity index (χ3n) is 5.35. The van der Waals surface area contributed by atoms with E-state index in [4.69, 9.17) is 9.26 Å². The molecule has 1 aliphatic carbocycles. The molecule has 1 saturated carbocycles. The Bertz CT molecular complexity index is 566. The Morgan fingerprint density at radius 1 is 1.28 bits per heavy atom. The molecule has 140 valence electrons. The highest BCUT2D eigenvalue weighted by Gasteiger charge is 2.33. The van der Waals surface area contributed by atoms with Crippen LogP contribution in [-0.2, 0) is 9.53 Å². The average molecular weight is 349 g/mol. The summed E-state index contributed by atoms with van der Waals surface area (Å²) < 4.78 is 11.5. The molecule has 1 aromatic rings. The van der Waals surface area contributed by atoms with Gasteiger partial charge in [-0.15, -0.1) is 0 Å². The van der Waals surface area contributed by atoms with Crippen molar-refractivity contribution in [2.75, 3.05) is 13.1 Å². The van der Waals surface area contributed by atoms with E-state index in [0.29, 0.717) is 12.4 Å². The van der Waals surface area contributed by atoms with Crippen LogP contribution in [0.2, 0.25) is 0 Å². The summed E-state index contributed by atoms with van der Waals surface area (Å²) in [5.74, 6) is 1.94. The van der Waals surface area contributed by atoms with Crippen LogP contribution in [0, 0.1) is 0 Å². The first kappa shape index (κ1) is 18.4. The number of ether oxygens (including phenoxy) is 1. The van der Waals surface area contributed by atoms with E-state index in [1.807, 2.05) is 25.7 Å². The van der Waals surface area contributed by atoms with Crippen LogP contribution in [0.3, 0.4) is 0 Å². The van der Waals surface area contributed by atoms with Crippen molar-refractivity contribution in [3.8, 4) is 0 Å². The highest BCUT2D eigenvalue weighted by Crippen LogP contribution is 2.28. The Morgan fingerprint density at radius 2 is 2.04 bits per heavy atom. The Kier molecular flexibility index (Phi) is 6.10. The summed E-state index contributed by atoms with van der Waals surface area (Å²) in [5, 5.41) is 4.15. The quantitative estimate of drug-likeness (QED) is 0.784. The highest BCUT2D eigenvalue weighted by molar-refractivity contribution is 5.81. The number of carbonyl (C=O) groups is 1. The monoisotopic (exact) mass is 349 g/mol. The third-order valence-corrected chi connectivity index (χ3v) is 5.35. The van der Waals surface area contributed by atoms with E-state index in [1.54, 1.807) is 0 Å². The molecule has 1 aromatic heterocycles. The summed E-state index contributed by atoms with van der Waals surface area (Å²) in [6, 6.07) is 0. The molecule has 2 heterocycles. The van der Waals surface area contributed by atoms with E-state index < -0.39 is 0 Å². The van der Waals surface area contributed by atoms with Gasteiger partial charge in [0.1, 0.15) is 6.10 Å². The van der Waals surface area contributed by atoms with Crippen LogP contribution in [0.15, 0.2) is 4.52 Å². The number of aromatic nitrogens is 2. The molecule has 1 aliphatic heterocycles. The molecule has 0 radical (unpaired) electrons. The predicted molar refractivity (Wildman–Crippen MR) is 94.4 cm³/mol. The SMILES string of the molecule is CC[C@@H](OC1CCCC1)C(=O)N1CCC[C@@H](c2noc(C(C)C)n2)C1. The molecule has 2 atom stereocenters. The summed E-state index contributed by atoms with van der Waals surface area (Å²) in [5.41, 5.74) is 0. The normalized spacial score (nSPS) is 23.4. The molecule has 2 fully saturated rings. The molecule has 0 spiro atoms. The zero-order chi connectivity index (χ0) is 17.8. The van der Waals surface area contributed by atoms with Gasteiger partial charge in [-0.25, -0.2) is 0 Å². The zero-order valence-corrected chi connectivity index (χ0v) is 15.7. The fraction of sp³-hybridized carbons (Fsp3) is 0.842. The van der Waals surface area contributed by atoms with Crippen molar-refractivity contribution in [2.45, 2.75) is 89.8 Å². The molecule has 0 bridgehead atoms. The smallest absolute Gasteiger partial charge is 0.251 e. The fourth-order valence-electron chi connectivity index (χ4n) is 3.83. The summed E-state index contributed by atoms with van der Waals surface area (Å²) in [7, 11) is 0. The Hall–Kier alpha value is -1.43. The van der Waals surface area contributed by atoms with Crippen LogP contribution in [-0.4, -0.2) is 46.2 Å². The van der Waals surface area contributed by atoms with Crippen LogP contribution in [0.1, 0.15) is 89.3 Å². The molecule has 3 rings (SSSR count). The molecule has 0 N–H and O–H groups in total. The van der Waals surface area contributed by atoms with Gasteiger partial charge in [-0.05, 0) is 32.1 Å². The molecule has 2 aliphatic rings. The molecule has 25 heavy (non-hydrogen) atoms. The van der Waals surface area contributed by atoms with Crippen molar-refractivity contribution in [1.29, 1.82) is 0 Å². The minimum absolute atomic E-state index is 0.131. The number of hydrogen-bond acceptors (Lipinski definition) is 5. The lowest BCUT2D eigenvalue weighted by molar-refractivity contribution is -0.149. The summed E-state index contributed by atoms with van der Waals surface area (Å²) in [4.78, 5) is 19.4.